The summed E-state index contributed by atoms with van der Waals surface area (Å²) in [6.07, 6.45) is 0. The summed E-state index contributed by atoms with van der Waals surface area (Å²) in [5.74, 6) is -1.41. The van der Waals surface area contributed by atoms with Gasteiger partial charge in [0.25, 0.3) is 0 Å². The van der Waals surface area contributed by atoms with Crippen molar-refractivity contribution in [2.24, 2.45) is 0 Å². The van der Waals surface area contributed by atoms with Crippen LogP contribution in [0.15, 0.2) is 117 Å². The maximum Gasteiger partial charge on any atom is 0.327 e. The molecule has 0 spiro atoms. The number of hydrogen-bond acceptors (Lipinski definition) is 5. The van der Waals surface area contributed by atoms with Gasteiger partial charge in [-0.2, -0.15) is 0 Å². The summed E-state index contributed by atoms with van der Waals surface area (Å²) in [6, 6.07) is 29.7. The minimum absolute atomic E-state index is 0.0383. The van der Waals surface area contributed by atoms with E-state index in [0.29, 0.717) is 7.14 Å². The van der Waals surface area contributed by atoms with E-state index in [0.717, 1.165) is 14.7 Å². The highest BCUT2D eigenvalue weighted by molar-refractivity contribution is 14.1. The first-order valence-corrected chi connectivity index (χ1v) is 15.3. The molecule has 0 aliphatic rings. The highest BCUT2D eigenvalue weighted by Crippen LogP contribution is 2.33. The number of ether oxygens (including phenoxy) is 1. The van der Waals surface area contributed by atoms with Gasteiger partial charge in [0.1, 0.15) is 5.75 Å². The van der Waals surface area contributed by atoms with Gasteiger partial charge in [-0.25, -0.2) is 8.42 Å². The van der Waals surface area contributed by atoms with Crippen LogP contribution < -0.4 is 4.74 Å². The Hall–Kier alpha value is -2.09. The molecule has 178 valence electrons. The molecule has 4 rings (SSSR count). The largest absolute Gasteiger partial charge is 0.508 e. The fourth-order valence-electron chi connectivity index (χ4n) is 3.33. The lowest BCUT2D eigenvalue weighted by Crippen LogP contribution is -2.22. The zero-order valence-electron chi connectivity index (χ0n) is 18.1. The highest BCUT2D eigenvalue weighted by Gasteiger charge is 2.29. The molecule has 0 bridgehead atoms. The van der Waals surface area contributed by atoms with Gasteiger partial charge >= 0.3 is 5.97 Å². The fraction of sp³-hybridized carbons (Fsp3) is 0.0385. The van der Waals surface area contributed by atoms with Gasteiger partial charge in [-0.3, -0.25) is 4.79 Å². The maximum absolute atomic E-state index is 12.9. The Morgan fingerprint density at radius 2 is 1.23 bits per heavy atom. The Morgan fingerprint density at radius 1 is 0.771 bits per heavy atom. The second-order valence-corrected chi connectivity index (χ2v) is 13.7. The van der Waals surface area contributed by atoms with Gasteiger partial charge in [0.2, 0.25) is 0 Å². The van der Waals surface area contributed by atoms with Crippen molar-refractivity contribution in [3.05, 3.63) is 104 Å². The van der Waals surface area contributed by atoms with E-state index >= 15 is 0 Å². The second-order valence-electron chi connectivity index (χ2n) is 7.38. The maximum atomic E-state index is 12.9. The summed E-state index contributed by atoms with van der Waals surface area (Å²) < 4.78 is 32.2. The molecule has 0 fully saturated rings. The number of carbonyl (C=O) groups is 1. The molecule has 0 unspecified atom stereocenters. The van der Waals surface area contributed by atoms with Crippen LogP contribution in [-0.2, 0) is 25.5 Å². The van der Waals surface area contributed by atoms with Gasteiger partial charge in [-0.1, -0.05) is 36.4 Å². The van der Waals surface area contributed by atoms with Crippen LogP contribution >= 0.6 is 45.2 Å². The number of hydrogen-bond donors (Lipinski definition) is 1. The molecule has 0 aliphatic carbocycles. The van der Waals surface area contributed by atoms with Crippen LogP contribution in [0, 0.1) is 7.14 Å². The lowest BCUT2D eigenvalue weighted by molar-refractivity contribution is -0.131. The van der Waals surface area contributed by atoms with E-state index in [1.54, 1.807) is 12.1 Å². The van der Waals surface area contributed by atoms with E-state index in [2.05, 4.69) is 24.3 Å². The molecule has 0 saturated carbocycles. The molecule has 5 nitrogen and oxygen atoms in total. The number of phenolic OH excluding ortho intramolecular Hbond substituents is 1. The number of phenols is 1. The van der Waals surface area contributed by atoms with Crippen LogP contribution in [0.3, 0.4) is 0 Å². The third-order valence-electron chi connectivity index (χ3n) is 4.88. The SMILES string of the molecule is O=C(CS(=O)(=O)c1ccc([S+](c2ccccc2)c2ccccc2)cc1)Oc1c(I)cc(O)cc1I. The first-order chi connectivity index (χ1) is 16.7. The number of esters is 1. The standard InChI is InChI=1S/C26H18I2O5S2/c27-23-15-18(29)16-24(28)26(23)33-25(30)17-35(31,32)22-13-11-21(12-14-22)34(19-7-3-1-4-8-19)20-9-5-2-6-10-20/h1-16H,17H2/p+1. The lowest BCUT2D eigenvalue weighted by Gasteiger charge is -2.11. The summed E-state index contributed by atoms with van der Waals surface area (Å²) >= 11 is 3.84. The van der Waals surface area contributed by atoms with E-state index in [1.807, 2.05) is 81.6 Å². The zero-order chi connectivity index (χ0) is 25.0. The van der Waals surface area contributed by atoms with E-state index in [1.165, 1.54) is 24.3 Å². The number of aromatic hydroxyl groups is 1. The molecule has 35 heavy (non-hydrogen) atoms. The number of sulfone groups is 1. The molecule has 9 heteroatoms. The summed E-state index contributed by atoms with van der Waals surface area (Å²) in [7, 11) is -4.31. The molecular formula is C26H19I2O5S2+. The van der Waals surface area contributed by atoms with E-state index in [-0.39, 0.29) is 16.4 Å². The van der Waals surface area contributed by atoms with E-state index in [4.69, 9.17) is 4.74 Å². The molecule has 0 aliphatic heterocycles. The molecule has 0 saturated heterocycles. The lowest BCUT2D eigenvalue weighted by atomic mass is 10.3. The van der Waals surface area contributed by atoms with Gasteiger partial charge in [-0.05, 0) is 106 Å². The molecular weight excluding hydrogens is 710 g/mol. The Morgan fingerprint density at radius 3 is 1.71 bits per heavy atom. The molecule has 1 N–H and O–H groups in total. The average Bonchev–Trinajstić information content (AvgIpc) is 2.83. The molecule has 0 heterocycles. The fourth-order valence-corrected chi connectivity index (χ4v) is 8.46. The molecule has 4 aromatic rings. The van der Waals surface area contributed by atoms with Crippen molar-refractivity contribution in [3.8, 4) is 11.5 Å². The molecule has 0 radical (unpaired) electrons. The van der Waals surface area contributed by atoms with Crippen molar-refractivity contribution in [1.82, 2.24) is 0 Å². The predicted octanol–water partition coefficient (Wildman–Crippen LogP) is 6.08. The van der Waals surface area contributed by atoms with Crippen molar-refractivity contribution < 1.29 is 23.1 Å². The third kappa shape index (κ3) is 6.38. The highest BCUT2D eigenvalue weighted by atomic mass is 127. The summed E-state index contributed by atoms with van der Waals surface area (Å²) in [6.45, 7) is 0. The van der Waals surface area contributed by atoms with Gasteiger partial charge in [0.05, 0.1) is 22.9 Å². The molecule has 0 amide bonds. The summed E-state index contributed by atoms with van der Waals surface area (Å²) in [4.78, 5) is 15.7. The van der Waals surface area contributed by atoms with Crippen molar-refractivity contribution in [1.29, 1.82) is 0 Å². The molecule has 0 atom stereocenters. The van der Waals surface area contributed by atoms with Crippen LogP contribution in [-0.4, -0.2) is 25.2 Å². The predicted molar refractivity (Wildman–Crippen MR) is 153 cm³/mol. The quantitative estimate of drug-likeness (QED) is 0.108. The molecule has 0 aromatic heterocycles. The molecule has 4 aromatic carbocycles. The number of halogens is 2. The first kappa shape index (κ1) is 26.0. The van der Waals surface area contributed by atoms with Crippen molar-refractivity contribution in [3.63, 3.8) is 0 Å². The van der Waals surface area contributed by atoms with E-state index < -0.39 is 32.5 Å². The third-order valence-corrected chi connectivity index (χ3v) is 10.3. The van der Waals surface area contributed by atoms with Gasteiger partial charge < -0.3 is 9.84 Å². The van der Waals surface area contributed by atoms with Crippen molar-refractivity contribution in [2.75, 3.05) is 5.75 Å². The monoisotopic (exact) mass is 729 g/mol. The van der Waals surface area contributed by atoms with Crippen LogP contribution in [0.4, 0.5) is 0 Å². The van der Waals surface area contributed by atoms with Crippen LogP contribution in [0.2, 0.25) is 0 Å². The summed E-state index contributed by atoms with van der Waals surface area (Å²) in [5, 5.41) is 9.65. The number of carbonyl (C=O) groups excluding carboxylic acids is 1. The summed E-state index contributed by atoms with van der Waals surface area (Å²) in [5.41, 5.74) is 0. The smallest absolute Gasteiger partial charge is 0.327 e. The Labute approximate surface area is 234 Å². The Bertz CT molecular complexity index is 1380. The van der Waals surface area contributed by atoms with Crippen molar-refractivity contribution >= 4 is 71.9 Å². The topological polar surface area (TPSA) is 80.7 Å². The average molecular weight is 729 g/mol. The number of benzene rings is 4. The van der Waals surface area contributed by atoms with E-state index in [9.17, 15) is 18.3 Å². The Balaban J connectivity index is 1.57. The van der Waals surface area contributed by atoms with Gasteiger partial charge in [0.15, 0.2) is 36.0 Å². The zero-order valence-corrected chi connectivity index (χ0v) is 24.0. The first-order valence-electron chi connectivity index (χ1n) is 10.3. The second kappa shape index (κ2) is 11.3. The Kier molecular flexibility index (Phi) is 8.40. The number of rotatable bonds is 7. The van der Waals surface area contributed by atoms with Gasteiger partial charge in [0, 0.05) is 0 Å². The van der Waals surface area contributed by atoms with Crippen molar-refractivity contribution in [2.45, 2.75) is 19.6 Å². The minimum atomic E-state index is -3.91. The van der Waals surface area contributed by atoms with Gasteiger partial charge in [-0.15, -0.1) is 0 Å². The normalized spacial score (nSPS) is 11.4. The minimum Gasteiger partial charge on any atom is -0.508 e. The van der Waals surface area contributed by atoms with Crippen LogP contribution in [0.1, 0.15) is 0 Å². The van der Waals surface area contributed by atoms with Crippen LogP contribution in [0.25, 0.3) is 0 Å². The van der Waals surface area contributed by atoms with Crippen LogP contribution in [0.5, 0.6) is 11.5 Å².